The highest BCUT2D eigenvalue weighted by molar-refractivity contribution is 14.0. The van der Waals surface area contributed by atoms with Crippen LogP contribution in [0.25, 0.3) is 0 Å². The number of sulfonamides is 1. The topological polar surface area (TPSA) is 96.6 Å². The maximum absolute atomic E-state index is 12.0. The van der Waals surface area contributed by atoms with Gasteiger partial charge in [-0.1, -0.05) is 36.4 Å². The van der Waals surface area contributed by atoms with E-state index in [9.17, 15) is 8.42 Å². The molecular weight excluding hydrogens is 463 g/mol. The number of nitrogens with two attached hydrogens (primary N) is 1. The van der Waals surface area contributed by atoms with Crippen molar-refractivity contribution >= 4 is 45.6 Å². The molecule has 0 heterocycles. The largest absolute Gasteiger partial charge is 0.370 e. The zero-order chi connectivity index (χ0) is 18.3. The first-order valence-electron chi connectivity index (χ1n) is 8.01. The molecule has 0 radical (unpaired) electrons. The molecule has 0 aliphatic carbocycles. The van der Waals surface area contributed by atoms with Crippen LogP contribution in [0.3, 0.4) is 0 Å². The highest BCUT2D eigenvalue weighted by Crippen LogP contribution is 2.13. The summed E-state index contributed by atoms with van der Waals surface area (Å²) in [6.45, 7) is 4.40. The van der Waals surface area contributed by atoms with Gasteiger partial charge in [0.15, 0.2) is 5.96 Å². The molecule has 0 unspecified atom stereocenters. The molecule has 8 heteroatoms. The van der Waals surface area contributed by atoms with Crippen molar-refractivity contribution < 1.29 is 8.42 Å². The van der Waals surface area contributed by atoms with Gasteiger partial charge in [0.2, 0.25) is 10.0 Å². The second-order valence-electron chi connectivity index (χ2n) is 5.82. The molecule has 0 aromatic heterocycles. The number of anilines is 1. The third-order valence-electron chi connectivity index (χ3n) is 3.76. The predicted molar refractivity (Wildman–Crippen MR) is 119 cm³/mol. The van der Waals surface area contributed by atoms with Crippen molar-refractivity contribution in [1.82, 2.24) is 4.72 Å². The number of nitrogens with zero attached hydrogens (tertiary/aromatic N) is 1. The molecule has 4 N–H and O–H groups in total. The lowest BCUT2D eigenvalue weighted by Crippen LogP contribution is -2.28. The molecule has 0 bridgehead atoms. The third kappa shape index (κ3) is 7.71. The third-order valence-corrected chi connectivity index (χ3v) is 5.06. The summed E-state index contributed by atoms with van der Waals surface area (Å²) in [6.07, 6.45) is 0. The molecule has 2 aromatic carbocycles. The van der Waals surface area contributed by atoms with E-state index >= 15 is 0 Å². The Kier molecular flexibility index (Phi) is 9.03. The summed E-state index contributed by atoms with van der Waals surface area (Å²) in [6, 6.07) is 15.2. The van der Waals surface area contributed by atoms with Crippen LogP contribution in [0.2, 0.25) is 0 Å². The van der Waals surface area contributed by atoms with Crippen molar-refractivity contribution in [1.29, 1.82) is 0 Å². The monoisotopic (exact) mass is 488 g/mol. The Morgan fingerprint density at radius 2 is 1.77 bits per heavy atom. The van der Waals surface area contributed by atoms with E-state index in [4.69, 9.17) is 5.73 Å². The number of guanidine groups is 1. The first kappa shape index (κ1) is 22.4. The molecule has 2 rings (SSSR count). The fourth-order valence-corrected chi connectivity index (χ4v) is 3.02. The summed E-state index contributed by atoms with van der Waals surface area (Å²) < 4.78 is 26.5. The van der Waals surface area contributed by atoms with E-state index in [-0.39, 0.29) is 48.8 Å². The summed E-state index contributed by atoms with van der Waals surface area (Å²) in [5, 5.41) is 2.97. The highest BCUT2D eigenvalue weighted by atomic mass is 127. The van der Waals surface area contributed by atoms with Gasteiger partial charge in [-0.3, -0.25) is 4.99 Å². The summed E-state index contributed by atoms with van der Waals surface area (Å²) >= 11 is 0. The summed E-state index contributed by atoms with van der Waals surface area (Å²) in [5.74, 6) is 0.0799. The number of hydrogen-bond donors (Lipinski definition) is 3. The number of rotatable bonds is 7. The molecular formula is C18H25IN4O2S. The quantitative estimate of drug-likeness (QED) is 0.317. The van der Waals surface area contributed by atoms with Gasteiger partial charge >= 0.3 is 0 Å². The molecule has 26 heavy (non-hydrogen) atoms. The fraction of sp³-hybridized carbons (Fsp3) is 0.278. The molecule has 0 aliphatic rings. The zero-order valence-electron chi connectivity index (χ0n) is 14.9. The van der Waals surface area contributed by atoms with Crippen LogP contribution in [0.1, 0.15) is 16.7 Å². The average molecular weight is 488 g/mol. The maximum Gasteiger partial charge on any atom is 0.213 e. The second kappa shape index (κ2) is 10.5. The molecule has 0 atom stereocenters. The second-order valence-corrected chi connectivity index (χ2v) is 7.74. The van der Waals surface area contributed by atoms with E-state index in [2.05, 4.69) is 15.0 Å². The molecule has 0 spiro atoms. The molecule has 142 valence electrons. The van der Waals surface area contributed by atoms with E-state index in [0.717, 1.165) is 16.8 Å². The van der Waals surface area contributed by atoms with Gasteiger partial charge in [0.1, 0.15) is 0 Å². The van der Waals surface area contributed by atoms with Crippen molar-refractivity contribution in [2.24, 2.45) is 10.7 Å². The predicted octanol–water partition coefficient (Wildman–Crippen LogP) is 2.77. The standard InChI is InChI=1S/C18H24N4O2S.HI/c1-14-8-9-17(12-15(14)2)22-18(19)20-10-11-25(23,24)21-13-16-6-4-3-5-7-16;/h3-9,12,21H,10-11,13H2,1-2H3,(H3,19,20,22);1H. The molecule has 6 nitrogen and oxygen atoms in total. The average Bonchev–Trinajstić information content (AvgIpc) is 2.57. The van der Waals surface area contributed by atoms with Gasteiger partial charge in [0.05, 0.1) is 12.3 Å². The van der Waals surface area contributed by atoms with Crippen LogP contribution in [0.15, 0.2) is 53.5 Å². The van der Waals surface area contributed by atoms with Crippen LogP contribution in [-0.4, -0.2) is 26.7 Å². The van der Waals surface area contributed by atoms with Gasteiger partial charge in [0, 0.05) is 12.2 Å². The summed E-state index contributed by atoms with van der Waals surface area (Å²) in [4.78, 5) is 4.08. The first-order chi connectivity index (χ1) is 11.9. The lowest BCUT2D eigenvalue weighted by atomic mass is 10.1. The molecule has 0 amide bonds. The van der Waals surface area contributed by atoms with Gasteiger partial charge in [-0.25, -0.2) is 13.1 Å². The van der Waals surface area contributed by atoms with E-state index in [1.54, 1.807) is 0 Å². The lowest BCUT2D eigenvalue weighted by molar-refractivity contribution is 0.581. The van der Waals surface area contributed by atoms with Gasteiger partial charge in [-0.15, -0.1) is 24.0 Å². The smallest absolute Gasteiger partial charge is 0.213 e. The molecule has 0 saturated heterocycles. The Labute approximate surface area is 172 Å². The maximum atomic E-state index is 12.0. The van der Waals surface area contributed by atoms with Crippen LogP contribution in [-0.2, 0) is 16.6 Å². The molecule has 0 fully saturated rings. The SMILES string of the molecule is Cc1ccc(NC(N)=NCCS(=O)(=O)NCc2ccccc2)cc1C.I. The molecule has 0 aliphatic heterocycles. The summed E-state index contributed by atoms with van der Waals surface area (Å²) in [7, 11) is -3.40. The van der Waals surface area contributed by atoms with E-state index in [1.165, 1.54) is 5.56 Å². The number of benzene rings is 2. The van der Waals surface area contributed by atoms with Gasteiger partial charge in [-0.05, 0) is 42.7 Å². The summed E-state index contributed by atoms with van der Waals surface area (Å²) in [5.41, 5.74) is 9.88. The van der Waals surface area contributed by atoms with Gasteiger partial charge < -0.3 is 11.1 Å². The Hall–Kier alpha value is -1.65. The Morgan fingerprint density at radius 1 is 1.08 bits per heavy atom. The minimum absolute atomic E-state index is 0. The van der Waals surface area contributed by atoms with Crippen LogP contribution >= 0.6 is 24.0 Å². The van der Waals surface area contributed by atoms with Crippen molar-refractivity contribution in [3.05, 3.63) is 65.2 Å². The lowest BCUT2D eigenvalue weighted by Gasteiger charge is -2.08. The Bertz CT molecular complexity index is 840. The normalized spacial score (nSPS) is 11.7. The minimum Gasteiger partial charge on any atom is -0.370 e. The number of hydrogen-bond acceptors (Lipinski definition) is 3. The van der Waals surface area contributed by atoms with Gasteiger partial charge in [-0.2, -0.15) is 0 Å². The van der Waals surface area contributed by atoms with Crippen LogP contribution in [0, 0.1) is 13.8 Å². The minimum atomic E-state index is -3.40. The number of aliphatic imine (C=N–C) groups is 1. The van der Waals surface area contributed by atoms with Crippen molar-refractivity contribution in [3.63, 3.8) is 0 Å². The Balaban J connectivity index is 0.00000338. The van der Waals surface area contributed by atoms with Crippen molar-refractivity contribution in [2.45, 2.75) is 20.4 Å². The number of aryl methyl sites for hydroxylation is 2. The molecule has 0 saturated carbocycles. The molecule has 2 aromatic rings. The van der Waals surface area contributed by atoms with Gasteiger partial charge in [0.25, 0.3) is 0 Å². The van der Waals surface area contributed by atoms with E-state index < -0.39 is 10.0 Å². The highest BCUT2D eigenvalue weighted by Gasteiger charge is 2.09. The van der Waals surface area contributed by atoms with Crippen LogP contribution in [0.4, 0.5) is 5.69 Å². The number of nitrogens with one attached hydrogen (secondary N) is 2. The van der Waals surface area contributed by atoms with Crippen molar-refractivity contribution in [3.8, 4) is 0 Å². The zero-order valence-corrected chi connectivity index (χ0v) is 18.0. The van der Waals surface area contributed by atoms with Crippen molar-refractivity contribution in [2.75, 3.05) is 17.6 Å². The fourth-order valence-electron chi connectivity index (χ4n) is 2.15. The first-order valence-corrected chi connectivity index (χ1v) is 9.66. The van der Waals surface area contributed by atoms with Crippen LogP contribution < -0.4 is 15.8 Å². The van der Waals surface area contributed by atoms with Crippen LogP contribution in [0.5, 0.6) is 0 Å². The van der Waals surface area contributed by atoms with E-state index in [0.29, 0.717) is 0 Å². The van der Waals surface area contributed by atoms with E-state index in [1.807, 2.05) is 62.4 Å². The number of halogens is 1. The Morgan fingerprint density at radius 3 is 2.42 bits per heavy atom.